The molecule has 0 aliphatic carbocycles. The molecule has 1 aromatic carbocycles. The highest BCUT2D eigenvalue weighted by Crippen LogP contribution is 2.23. The molecule has 6 heteroatoms. The minimum absolute atomic E-state index is 0.111. The van der Waals surface area contributed by atoms with Gasteiger partial charge in [0.15, 0.2) is 0 Å². The van der Waals surface area contributed by atoms with Gasteiger partial charge in [0.1, 0.15) is 0 Å². The van der Waals surface area contributed by atoms with Crippen LogP contribution in [0.3, 0.4) is 0 Å². The lowest BCUT2D eigenvalue weighted by Gasteiger charge is -2.12. The van der Waals surface area contributed by atoms with Crippen LogP contribution in [0.25, 0.3) is 6.08 Å². The number of rotatable bonds is 6. The van der Waals surface area contributed by atoms with Crippen LogP contribution in [0.5, 0.6) is 0 Å². The van der Waals surface area contributed by atoms with Crippen molar-refractivity contribution in [3.8, 4) is 0 Å². The molecule has 1 heterocycles. The van der Waals surface area contributed by atoms with Crippen molar-refractivity contribution in [2.75, 3.05) is 19.0 Å². The van der Waals surface area contributed by atoms with E-state index in [1.807, 2.05) is 43.3 Å². The number of aliphatic carboxylic acids is 1. The van der Waals surface area contributed by atoms with Gasteiger partial charge in [0, 0.05) is 19.8 Å². The lowest BCUT2D eigenvalue weighted by molar-refractivity contribution is -0.132. The number of carbonyl (C=O) groups excluding carboxylic acids is 1. The Morgan fingerprint density at radius 2 is 1.85 bits per heavy atom. The molecule has 1 amide bonds. The average Bonchev–Trinajstić information content (AvgIpc) is 2.90. The SMILES string of the molecule is C=C(/C=C\C(=C/C)C(=O)O)N1N=C(C)/C(=C\c2ccc(N(C)C)cc2)C1=O. The molecule has 6 nitrogen and oxygen atoms in total. The standard InChI is InChI=1S/C21H23N3O3/c1-6-17(21(26)27)10-7-14(2)24-20(25)19(15(3)22-24)13-16-8-11-18(12-9-16)23(4)5/h6-13H,2H2,1,3-5H3,(H,26,27)/b10-7-,17-6+,19-13+. The van der Waals surface area contributed by atoms with E-state index in [4.69, 9.17) is 5.11 Å². The van der Waals surface area contributed by atoms with E-state index in [9.17, 15) is 9.59 Å². The zero-order chi connectivity index (χ0) is 20.1. The van der Waals surface area contributed by atoms with Gasteiger partial charge < -0.3 is 10.0 Å². The normalized spacial score (nSPS) is 16.2. The Kier molecular flexibility index (Phi) is 6.13. The molecule has 0 unspecified atom stereocenters. The molecule has 1 aliphatic heterocycles. The number of allylic oxidation sites excluding steroid dienone is 2. The van der Waals surface area contributed by atoms with Crippen LogP contribution in [0.4, 0.5) is 5.69 Å². The summed E-state index contributed by atoms with van der Waals surface area (Å²) in [6.45, 7) is 7.20. The van der Waals surface area contributed by atoms with E-state index >= 15 is 0 Å². The molecule has 140 valence electrons. The molecule has 0 spiro atoms. The lowest BCUT2D eigenvalue weighted by Crippen LogP contribution is -2.20. The number of carboxylic acids is 1. The highest BCUT2D eigenvalue weighted by atomic mass is 16.4. The summed E-state index contributed by atoms with van der Waals surface area (Å²) < 4.78 is 0. The second-order valence-corrected chi connectivity index (χ2v) is 6.22. The van der Waals surface area contributed by atoms with Crippen LogP contribution >= 0.6 is 0 Å². The molecule has 0 saturated heterocycles. The van der Waals surface area contributed by atoms with Crippen LogP contribution in [0.1, 0.15) is 19.4 Å². The van der Waals surface area contributed by atoms with Crippen molar-refractivity contribution < 1.29 is 14.7 Å². The fourth-order valence-electron chi connectivity index (χ4n) is 2.46. The molecule has 2 rings (SSSR count). The van der Waals surface area contributed by atoms with Crippen LogP contribution in [0, 0.1) is 0 Å². The Balaban J connectivity index is 2.21. The summed E-state index contributed by atoms with van der Waals surface area (Å²) in [7, 11) is 3.93. The smallest absolute Gasteiger partial charge is 0.335 e. The number of anilines is 1. The monoisotopic (exact) mass is 365 g/mol. The molecule has 0 bridgehead atoms. The third-order valence-electron chi connectivity index (χ3n) is 4.07. The van der Waals surface area contributed by atoms with Crippen molar-refractivity contribution in [1.29, 1.82) is 0 Å². The van der Waals surface area contributed by atoms with Crippen molar-refractivity contribution in [1.82, 2.24) is 5.01 Å². The van der Waals surface area contributed by atoms with Crippen molar-refractivity contribution in [3.63, 3.8) is 0 Å². The molecule has 1 N–H and O–H groups in total. The highest BCUT2D eigenvalue weighted by molar-refractivity contribution is 6.27. The second kappa shape index (κ2) is 8.31. The first-order chi connectivity index (χ1) is 12.7. The Morgan fingerprint density at radius 3 is 2.37 bits per heavy atom. The average molecular weight is 365 g/mol. The molecular formula is C21H23N3O3. The van der Waals surface area contributed by atoms with Crippen LogP contribution < -0.4 is 4.90 Å². The van der Waals surface area contributed by atoms with Gasteiger partial charge in [-0.25, -0.2) is 4.79 Å². The summed E-state index contributed by atoms with van der Waals surface area (Å²) in [5.74, 6) is -1.34. The van der Waals surface area contributed by atoms with Gasteiger partial charge in [-0.05, 0) is 49.8 Å². The van der Waals surface area contributed by atoms with Crippen molar-refractivity contribution >= 4 is 29.4 Å². The molecule has 0 fully saturated rings. The number of hydrazone groups is 1. The van der Waals surface area contributed by atoms with Crippen LogP contribution in [0.2, 0.25) is 0 Å². The van der Waals surface area contributed by atoms with Gasteiger partial charge >= 0.3 is 5.97 Å². The Labute approximate surface area is 159 Å². The number of nitrogens with zero attached hydrogens (tertiary/aromatic N) is 3. The van der Waals surface area contributed by atoms with Gasteiger partial charge in [-0.3, -0.25) is 4.79 Å². The van der Waals surface area contributed by atoms with E-state index < -0.39 is 5.97 Å². The van der Waals surface area contributed by atoms with Gasteiger partial charge in [0.05, 0.1) is 22.6 Å². The van der Waals surface area contributed by atoms with Gasteiger partial charge in [-0.2, -0.15) is 10.1 Å². The molecule has 1 aromatic rings. The fourth-order valence-corrected chi connectivity index (χ4v) is 2.46. The lowest BCUT2D eigenvalue weighted by atomic mass is 10.1. The summed E-state index contributed by atoms with van der Waals surface area (Å²) in [5.41, 5.74) is 3.43. The summed E-state index contributed by atoms with van der Waals surface area (Å²) in [5, 5.41) is 14.5. The summed E-state index contributed by atoms with van der Waals surface area (Å²) in [6, 6.07) is 7.82. The number of benzene rings is 1. The van der Waals surface area contributed by atoms with Gasteiger partial charge in [-0.1, -0.05) is 24.8 Å². The Hall–Kier alpha value is -3.41. The van der Waals surface area contributed by atoms with E-state index in [1.165, 1.54) is 23.2 Å². The molecule has 0 atom stereocenters. The number of carbonyl (C=O) groups is 2. The number of hydrogen-bond donors (Lipinski definition) is 1. The fraction of sp³-hybridized carbons (Fsp3) is 0.190. The van der Waals surface area contributed by atoms with E-state index in [-0.39, 0.29) is 11.5 Å². The van der Waals surface area contributed by atoms with Gasteiger partial charge in [0.25, 0.3) is 5.91 Å². The van der Waals surface area contributed by atoms with Crippen molar-refractivity contribution in [2.24, 2.45) is 5.10 Å². The molecule has 0 radical (unpaired) electrons. The summed E-state index contributed by atoms with van der Waals surface area (Å²) in [6.07, 6.45) is 6.11. The van der Waals surface area contributed by atoms with E-state index in [2.05, 4.69) is 11.7 Å². The zero-order valence-corrected chi connectivity index (χ0v) is 15.9. The predicted octanol–water partition coefficient (Wildman–Crippen LogP) is 3.45. The summed E-state index contributed by atoms with van der Waals surface area (Å²) in [4.78, 5) is 25.7. The molecule has 1 aliphatic rings. The maximum Gasteiger partial charge on any atom is 0.335 e. The van der Waals surface area contributed by atoms with E-state index in [0.29, 0.717) is 17.0 Å². The maximum atomic E-state index is 12.7. The van der Waals surface area contributed by atoms with Gasteiger partial charge in [-0.15, -0.1) is 0 Å². The third kappa shape index (κ3) is 4.61. The number of carboxylic acid groups (broad SMARTS) is 1. The minimum Gasteiger partial charge on any atom is -0.478 e. The van der Waals surface area contributed by atoms with Gasteiger partial charge in [0.2, 0.25) is 0 Å². The first kappa shape index (κ1) is 19.9. The molecule has 27 heavy (non-hydrogen) atoms. The molecular weight excluding hydrogens is 342 g/mol. The minimum atomic E-state index is -1.05. The molecule has 0 saturated carbocycles. The first-order valence-corrected chi connectivity index (χ1v) is 8.40. The number of amides is 1. The zero-order valence-electron chi connectivity index (χ0n) is 15.9. The highest BCUT2D eigenvalue weighted by Gasteiger charge is 2.28. The quantitative estimate of drug-likeness (QED) is 0.619. The third-order valence-corrected chi connectivity index (χ3v) is 4.07. The second-order valence-electron chi connectivity index (χ2n) is 6.22. The largest absolute Gasteiger partial charge is 0.478 e. The van der Waals surface area contributed by atoms with E-state index in [0.717, 1.165) is 11.3 Å². The van der Waals surface area contributed by atoms with E-state index in [1.54, 1.807) is 19.9 Å². The summed E-state index contributed by atoms with van der Waals surface area (Å²) >= 11 is 0. The van der Waals surface area contributed by atoms with Crippen LogP contribution in [-0.2, 0) is 9.59 Å². The Morgan fingerprint density at radius 1 is 1.22 bits per heavy atom. The Bertz CT molecular complexity index is 888. The number of hydrogen-bond acceptors (Lipinski definition) is 4. The maximum absolute atomic E-state index is 12.7. The molecule has 0 aromatic heterocycles. The predicted molar refractivity (Wildman–Crippen MR) is 108 cm³/mol. The van der Waals surface area contributed by atoms with Crippen LogP contribution in [0.15, 0.2) is 71.0 Å². The topological polar surface area (TPSA) is 73.2 Å². The first-order valence-electron chi connectivity index (χ1n) is 8.40. The van der Waals surface area contributed by atoms with Crippen LogP contribution in [-0.4, -0.2) is 41.8 Å². The van der Waals surface area contributed by atoms with Crippen molar-refractivity contribution in [3.05, 3.63) is 71.5 Å². The van der Waals surface area contributed by atoms with Crippen molar-refractivity contribution in [2.45, 2.75) is 13.8 Å².